The molecule has 0 spiro atoms. The molecule has 0 fully saturated rings. The molecule has 2 aliphatic heterocycles. The molecule has 3 heteroatoms. The van der Waals surface area contributed by atoms with Gasteiger partial charge in [0, 0.05) is 27.2 Å². The number of rotatable bonds is 1. The van der Waals surface area contributed by atoms with Crippen LogP contribution in [0.25, 0.3) is 10.1 Å². The van der Waals surface area contributed by atoms with Crippen LogP contribution in [-0.4, -0.2) is 6.71 Å². The SMILES string of the molecule is CC(C)(C)c1ccc2sc3c(c2c1)C(C)(C)c1cc2c(c4c1B3c1ccccc1N4c1ccccc1)CC2. The number of aryl methyl sites for hydroxylation is 1. The molecule has 0 radical (unpaired) electrons. The molecule has 1 aromatic heterocycles. The molecule has 1 aliphatic carbocycles. The first-order valence-corrected chi connectivity index (χ1v) is 14.8. The molecule has 0 atom stereocenters. The molecule has 0 saturated carbocycles. The van der Waals surface area contributed by atoms with Crippen LogP contribution in [0.5, 0.6) is 0 Å². The smallest absolute Gasteiger partial charge is 0.259 e. The minimum absolute atomic E-state index is 0.0655. The van der Waals surface area contributed by atoms with Crippen molar-refractivity contribution in [2.45, 2.75) is 58.3 Å². The summed E-state index contributed by atoms with van der Waals surface area (Å²) in [4.78, 5) is 2.58. The van der Waals surface area contributed by atoms with E-state index in [9.17, 15) is 0 Å². The zero-order chi connectivity index (χ0) is 26.0. The Hall–Kier alpha value is -3.30. The standard InChI is InChI=1S/C35H32BNS/c1-34(2,3)22-16-18-29-25(20-22)30-33(38-29)36-27-13-9-10-14-28(27)37(23-11-7-6-8-12-23)32-24-17-15-21(24)19-26(31(32)36)35(30,4)5/h6-14,16,18-20H,15,17H2,1-5H3. The summed E-state index contributed by atoms with van der Waals surface area (Å²) < 4.78 is 2.97. The van der Waals surface area contributed by atoms with E-state index in [1.54, 1.807) is 26.9 Å². The zero-order valence-corrected chi connectivity index (χ0v) is 23.7. The number of nitrogens with zero attached hydrogens (tertiary/aromatic N) is 1. The highest BCUT2D eigenvalue weighted by atomic mass is 32.1. The lowest BCUT2D eigenvalue weighted by Crippen LogP contribution is -2.63. The van der Waals surface area contributed by atoms with Crippen LogP contribution < -0.4 is 20.6 Å². The number of anilines is 3. The van der Waals surface area contributed by atoms with Crippen molar-refractivity contribution in [1.82, 2.24) is 0 Å². The summed E-state index contributed by atoms with van der Waals surface area (Å²) in [6.07, 6.45) is 2.36. The third kappa shape index (κ3) is 2.83. The Morgan fingerprint density at radius 3 is 2.37 bits per heavy atom. The summed E-state index contributed by atoms with van der Waals surface area (Å²) in [7, 11) is 0. The topological polar surface area (TPSA) is 3.24 Å². The minimum atomic E-state index is -0.0655. The number of hydrogen-bond acceptors (Lipinski definition) is 2. The maximum absolute atomic E-state index is 2.59. The predicted molar refractivity (Wildman–Crippen MR) is 166 cm³/mol. The van der Waals surface area contributed by atoms with Gasteiger partial charge >= 0.3 is 0 Å². The van der Waals surface area contributed by atoms with Crippen molar-refractivity contribution < 1.29 is 0 Å². The average molecular weight is 510 g/mol. The van der Waals surface area contributed by atoms with Crippen molar-refractivity contribution in [3.63, 3.8) is 0 Å². The average Bonchev–Trinajstić information content (AvgIpc) is 3.27. The Bertz CT molecular complexity index is 1790. The lowest BCUT2D eigenvalue weighted by molar-refractivity contribution is 0.590. The number of para-hydroxylation sites is 2. The monoisotopic (exact) mass is 509 g/mol. The maximum Gasteiger partial charge on any atom is 0.259 e. The molecule has 186 valence electrons. The van der Waals surface area contributed by atoms with Gasteiger partial charge in [-0.3, -0.25) is 0 Å². The fourth-order valence-corrected chi connectivity index (χ4v) is 8.80. The van der Waals surface area contributed by atoms with Crippen molar-refractivity contribution in [1.29, 1.82) is 0 Å². The second-order valence-electron chi connectivity index (χ2n) is 12.9. The molecule has 8 rings (SSSR count). The van der Waals surface area contributed by atoms with Gasteiger partial charge in [-0.25, -0.2) is 0 Å². The lowest BCUT2D eigenvalue weighted by Gasteiger charge is -2.47. The first kappa shape index (κ1) is 22.7. The van der Waals surface area contributed by atoms with Crippen molar-refractivity contribution in [2.75, 3.05) is 4.90 Å². The van der Waals surface area contributed by atoms with E-state index >= 15 is 0 Å². The minimum Gasteiger partial charge on any atom is -0.311 e. The first-order valence-electron chi connectivity index (χ1n) is 14.0. The second kappa shape index (κ2) is 7.42. The van der Waals surface area contributed by atoms with Crippen LogP contribution in [0.15, 0.2) is 78.9 Å². The number of fused-ring (bicyclic) bond motifs is 8. The van der Waals surface area contributed by atoms with Gasteiger partial charge in [-0.05, 0) is 97.5 Å². The third-order valence-corrected chi connectivity index (χ3v) is 10.6. The van der Waals surface area contributed by atoms with Crippen molar-refractivity contribution in [3.05, 3.63) is 107 Å². The quantitative estimate of drug-likeness (QED) is 0.211. The molecule has 0 amide bonds. The summed E-state index contributed by atoms with van der Waals surface area (Å²) in [6, 6.07) is 30.0. The van der Waals surface area contributed by atoms with Crippen LogP contribution in [-0.2, 0) is 23.7 Å². The fraction of sp³-hybridized carbons (Fsp3) is 0.257. The van der Waals surface area contributed by atoms with Crippen molar-refractivity contribution in [2.24, 2.45) is 0 Å². The molecule has 3 heterocycles. The number of benzene rings is 4. The second-order valence-corrected chi connectivity index (χ2v) is 14.0. The fourth-order valence-electron chi connectivity index (χ4n) is 7.33. The Labute approximate surface area is 230 Å². The molecule has 38 heavy (non-hydrogen) atoms. The molecule has 1 nitrogen and oxygen atoms in total. The molecular formula is C35H32BNS. The van der Waals surface area contributed by atoms with Gasteiger partial charge in [0.05, 0.1) is 0 Å². The van der Waals surface area contributed by atoms with E-state index in [1.165, 1.54) is 56.6 Å². The van der Waals surface area contributed by atoms with Crippen LogP contribution in [0.3, 0.4) is 0 Å². The van der Waals surface area contributed by atoms with Crippen molar-refractivity contribution in [3.8, 4) is 0 Å². The van der Waals surface area contributed by atoms with Crippen LogP contribution >= 0.6 is 11.3 Å². The van der Waals surface area contributed by atoms with E-state index in [1.807, 2.05) is 11.3 Å². The Morgan fingerprint density at radius 2 is 1.63 bits per heavy atom. The number of thiophene rings is 1. The van der Waals surface area contributed by atoms with E-state index in [2.05, 4.69) is 118 Å². The normalized spacial score (nSPS) is 16.4. The van der Waals surface area contributed by atoms with Gasteiger partial charge in [-0.15, -0.1) is 11.3 Å². The maximum atomic E-state index is 2.59. The largest absolute Gasteiger partial charge is 0.311 e. The summed E-state index contributed by atoms with van der Waals surface area (Å²) in [5.74, 6) is 0. The molecule has 0 saturated heterocycles. The molecule has 5 aromatic rings. The van der Waals surface area contributed by atoms with E-state index in [0.717, 1.165) is 0 Å². The Balaban J connectivity index is 1.50. The predicted octanol–water partition coefficient (Wildman–Crippen LogP) is 7.24. The van der Waals surface area contributed by atoms with Crippen molar-refractivity contribution >= 4 is 60.9 Å². The first-order chi connectivity index (χ1) is 18.2. The van der Waals surface area contributed by atoms with Crippen LogP contribution in [0.2, 0.25) is 0 Å². The highest BCUT2D eigenvalue weighted by Gasteiger charge is 2.49. The van der Waals surface area contributed by atoms with Gasteiger partial charge < -0.3 is 4.90 Å². The Kier molecular flexibility index (Phi) is 4.43. The van der Waals surface area contributed by atoms with Gasteiger partial charge in [-0.2, -0.15) is 0 Å². The molecular weight excluding hydrogens is 477 g/mol. The van der Waals surface area contributed by atoms with Crippen LogP contribution in [0.1, 0.15) is 62.4 Å². The van der Waals surface area contributed by atoms with Crippen LogP contribution in [0.4, 0.5) is 17.1 Å². The van der Waals surface area contributed by atoms with Gasteiger partial charge in [0.2, 0.25) is 0 Å². The van der Waals surface area contributed by atoms with E-state index in [-0.39, 0.29) is 17.5 Å². The Morgan fingerprint density at radius 1 is 0.868 bits per heavy atom. The number of hydrogen-bond donors (Lipinski definition) is 0. The van der Waals surface area contributed by atoms with E-state index in [4.69, 9.17) is 0 Å². The van der Waals surface area contributed by atoms with Gasteiger partial charge in [-0.1, -0.05) is 83.1 Å². The molecule has 0 unspecified atom stereocenters. The highest BCUT2D eigenvalue weighted by molar-refractivity contribution is 7.32. The zero-order valence-electron chi connectivity index (χ0n) is 22.9. The third-order valence-electron chi connectivity index (χ3n) is 9.34. The summed E-state index contributed by atoms with van der Waals surface area (Å²) in [6.45, 7) is 12.2. The highest BCUT2D eigenvalue weighted by Crippen LogP contribution is 2.49. The van der Waals surface area contributed by atoms with Gasteiger partial charge in [0.25, 0.3) is 6.71 Å². The van der Waals surface area contributed by atoms with E-state index in [0.29, 0.717) is 0 Å². The lowest BCUT2D eigenvalue weighted by atomic mass is 9.32. The van der Waals surface area contributed by atoms with E-state index < -0.39 is 0 Å². The molecule has 3 aliphatic rings. The molecule has 0 bridgehead atoms. The van der Waals surface area contributed by atoms with Gasteiger partial charge in [0.15, 0.2) is 0 Å². The summed E-state index contributed by atoms with van der Waals surface area (Å²) in [5.41, 5.74) is 14.7. The van der Waals surface area contributed by atoms with Crippen LogP contribution in [0, 0.1) is 0 Å². The summed E-state index contributed by atoms with van der Waals surface area (Å²) in [5, 5.41) is 1.46. The van der Waals surface area contributed by atoms with Gasteiger partial charge in [0.1, 0.15) is 0 Å². The summed E-state index contributed by atoms with van der Waals surface area (Å²) >= 11 is 2.03. The molecule has 4 aromatic carbocycles. The molecule has 0 N–H and O–H groups in total.